The Balaban J connectivity index is 1.74. The Morgan fingerprint density at radius 1 is 1.36 bits per heavy atom. The quantitative estimate of drug-likeness (QED) is 0.765. The van der Waals surface area contributed by atoms with E-state index < -0.39 is 0 Å². The zero-order valence-corrected chi connectivity index (χ0v) is 14.2. The van der Waals surface area contributed by atoms with E-state index in [2.05, 4.69) is 10.2 Å². The van der Waals surface area contributed by atoms with E-state index in [1.165, 1.54) is 0 Å². The van der Waals surface area contributed by atoms with Crippen LogP contribution in [0.3, 0.4) is 0 Å². The van der Waals surface area contributed by atoms with E-state index in [1.54, 1.807) is 42.3 Å². The summed E-state index contributed by atoms with van der Waals surface area (Å²) in [5.41, 5.74) is 1.11. The summed E-state index contributed by atoms with van der Waals surface area (Å²) in [6.45, 7) is 1.69. The summed E-state index contributed by atoms with van der Waals surface area (Å²) in [6.07, 6.45) is 1.46. The Hall–Kier alpha value is -2.38. The first-order valence-corrected chi connectivity index (χ1v) is 8.32. The number of hydrogen-bond donors (Lipinski definition) is 3. The molecule has 0 unspecified atom stereocenters. The maximum Gasteiger partial charge on any atom is 0.271 e. The zero-order chi connectivity index (χ0) is 17.9. The van der Waals surface area contributed by atoms with Gasteiger partial charge >= 0.3 is 0 Å². The fourth-order valence-electron chi connectivity index (χ4n) is 3.21. The Morgan fingerprint density at radius 2 is 2.08 bits per heavy atom. The highest BCUT2D eigenvalue weighted by atomic mass is 16.5. The average molecular weight is 345 g/mol. The van der Waals surface area contributed by atoms with Gasteiger partial charge in [0.15, 0.2) is 0 Å². The summed E-state index contributed by atoms with van der Waals surface area (Å²) in [7, 11) is 1.72. The number of carbonyl (C=O) groups is 1. The molecule has 1 saturated heterocycles. The molecule has 7 heteroatoms. The molecule has 0 aliphatic carbocycles. The van der Waals surface area contributed by atoms with Crippen molar-refractivity contribution in [2.45, 2.75) is 12.8 Å². The molecule has 25 heavy (non-hydrogen) atoms. The number of para-hydroxylation sites is 1. The highest BCUT2D eigenvalue weighted by Gasteiger charge is 2.34. The summed E-state index contributed by atoms with van der Waals surface area (Å²) >= 11 is 0. The molecule has 0 atom stereocenters. The van der Waals surface area contributed by atoms with Gasteiger partial charge < -0.3 is 19.8 Å². The molecule has 0 saturated carbocycles. The molecule has 0 radical (unpaired) electrons. The van der Waals surface area contributed by atoms with Gasteiger partial charge in [-0.1, -0.05) is 12.1 Å². The molecule has 7 nitrogen and oxygen atoms in total. The van der Waals surface area contributed by atoms with Crippen LogP contribution in [0.5, 0.6) is 5.75 Å². The van der Waals surface area contributed by atoms with Crippen LogP contribution < -0.4 is 0 Å². The first kappa shape index (κ1) is 17.4. The van der Waals surface area contributed by atoms with Crippen LogP contribution in [0.15, 0.2) is 30.3 Å². The van der Waals surface area contributed by atoms with Crippen LogP contribution in [0.4, 0.5) is 0 Å². The third kappa shape index (κ3) is 3.67. The Bertz CT molecular complexity index is 737. The minimum atomic E-state index is -0.316. The number of hydrogen-bond acceptors (Lipinski definition) is 5. The van der Waals surface area contributed by atoms with E-state index in [1.807, 2.05) is 0 Å². The van der Waals surface area contributed by atoms with Crippen molar-refractivity contribution in [3.8, 4) is 17.0 Å². The summed E-state index contributed by atoms with van der Waals surface area (Å²) in [4.78, 5) is 14.3. The van der Waals surface area contributed by atoms with Crippen LogP contribution in [0.1, 0.15) is 23.3 Å². The van der Waals surface area contributed by atoms with Gasteiger partial charge in [-0.05, 0) is 31.0 Å². The van der Waals surface area contributed by atoms with Gasteiger partial charge in [0.05, 0.1) is 12.3 Å². The molecule has 2 aromatic rings. The zero-order valence-electron chi connectivity index (χ0n) is 14.2. The first-order valence-electron chi connectivity index (χ1n) is 8.32. The Labute approximate surface area is 146 Å². The maximum absolute atomic E-state index is 12.7. The van der Waals surface area contributed by atoms with Crippen LogP contribution >= 0.6 is 0 Å². The van der Waals surface area contributed by atoms with Crippen LogP contribution in [0.25, 0.3) is 11.3 Å². The summed E-state index contributed by atoms with van der Waals surface area (Å²) < 4.78 is 5.36. The third-order valence-electron chi connectivity index (χ3n) is 4.80. The summed E-state index contributed by atoms with van der Waals surface area (Å²) in [6, 6.07) is 8.48. The molecule has 134 valence electrons. The van der Waals surface area contributed by atoms with Gasteiger partial charge in [-0.15, -0.1) is 0 Å². The predicted octanol–water partition coefficient (Wildman–Crippen LogP) is 1.64. The van der Waals surface area contributed by atoms with Crippen LogP contribution in [0.2, 0.25) is 0 Å². The number of aliphatic hydroxyl groups excluding tert-OH is 1. The van der Waals surface area contributed by atoms with Crippen molar-refractivity contribution in [1.82, 2.24) is 15.1 Å². The number of aliphatic hydroxyl groups is 1. The van der Waals surface area contributed by atoms with E-state index in [0.717, 1.165) is 12.8 Å². The molecular formula is C18H23N3O4. The van der Waals surface area contributed by atoms with Crippen molar-refractivity contribution in [1.29, 1.82) is 0 Å². The summed E-state index contributed by atoms with van der Waals surface area (Å²) in [5, 5.41) is 26.6. The Morgan fingerprint density at radius 3 is 2.76 bits per heavy atom. The van der Waals surface area contributed by atoms with Crippen molar-refractivity contribution >= 4 is 5.91 Å². The second kappa shape index (κ2) is 7.25. The molecule has 3 rings (SSSR count). The highest BCUT2D eigenvalue weighted by molar-refractivity contribution is 5.93. The lowest BCUT2D eigenvalue weighted by Crippen LogP contribution is -2.44. The number of amides is 1. The lowest BCUT2D eigenvalue weighted by atomic mass is 9.80. The van der Waals surface area contributed by atoms with E-state index in [0.29, 0.717) is 36.7 Å². The molecule has 0 bridgehead atoms. The van der Waals surface area contributed by atoms with Crippen molar-refractivity contribution < 1.29 is 19.7 Å². The second-order valence-corrected chi connectivity index (χ2v) is 6.62. The lowest BCUT2D eigenvalue weighted by Gasteiger charge is -2.38. The Kier molecular flexibility index (Phi) is 5.06. The van der Waals surface area contributed by atoms with Gasteiger partial charge in [-0.25, -0.2) is 0 Å². The molecule has 1 aliphatic rings. The molecule has 1 fully saturated rings. The number of carbonyl (C=O) groups excluding carboxylic acids is 1. The number of aromatic hydroxyl groups is 1. The van der Waals surface area contributed by atoms with Crippen LogP contribution in [0, 0.1) is 5.41 Å². The van der Waals surface area contributed by atoms with E-state index in [9.17, 15) is 15.0 Å². The maximum atomic E-state index is 12.7. The average Bonchev–Trinajstić information content (AvgIpc) is 3.12. The molecule has 2 heterocycles. The summed E-state index contributed by atoms with van der Waals surface area (Å²) in [5.74, 6) is -0.0868. The molecule has 1 aromatic carbocycles. The van der Waals surface area contributed by atoms with Gasteiger partial charge in [0.2, 0.25) is 0 Å². The fraction of sp³-hybridized carbons (Fsp3) is 0.444. The number of nitrogens with one attached hydrogen (secondary N) is 1. The number of benzene rings is 1. The fourth-order valence-corrected chi connectivity index (χ4v) is 3.21. The number of rotatable bonds is 5. The number of aromatic amines is 1. The standard InChI is InChI=1S/C18H23N3O4/c1-21(11-18(12-22)6-8-25-9-7-18)17(24)15-10-14(19-20-15)13-4-2-3-5-16(13)23/h2-5,10,22-23H,6-9,11-12H2,1H3,(H,19,20). The minimum Gasteiger partial charge on any atom is -0.507 e. The van der Waals surface area contributed by atoms with E-state index in [-0.39, 0.29) is 23.7 Å². The van der Waals surface area contributed by atoms with Crippen LogP contribution in [-0.4, -0.2) is 64.6 Å². The highest BCUT2D eigenvalue weighted by Crippen LogP contribution is 2.31. The molecule has 0 spiro atoms. The van der Waals surface area contributed by atoms with Crippen molar-refractivity contribution in [2.75, 3.05) is 33.4 Å². The van der Waals surface area contributed by atoms with Gasteiger partial charge in [-0.3, -0.25) is 9.89 Å². The van der Waals surface area contributed by atoms with E-state index in [4.69, 9.17) is 4.74 Å². The van der Waals surface area contributed by atoms with Gasteiger partial charge in [0.25, 0.3) is 5.91 Å². The normalized spacial score (nSPS) is 16.6. The van der Waals surface area contributed by atoms with Gasteiger partial charge in [0.1, 0.15) is 11.4 Å². The molecule has 1 aromatic heterocycles. The molecule has 1 amide bonds. The van der Waals surface area contributed by atoms with Gasteiger partial charge in [-0.2, -0.15) is 5.10 Å². The monoisotopic (exact) mass is 345 g/mol. The van der Waals surface area contributed by atoms with Crippen molar-refractivity contribution in [3.05, 3.63) is 36.0 Å². The van der Waals surface area contributed by atoms with Gasteiger partial charge in [0, 0.05) is 37.8 Å². The number of ether oxygens (including phenoxy) is 1. The lowest BCUT2D eigenvalue weighted by molar-refractivity contribution is -0.0283. The van der Waals surface area contributed by atoms with E-state index >= 15 is 0 Å². The molecule has 3 N–H and O–H groups in total. The topological polar surface area (TPSA) is 98.7 Å². The largest absolute Gasteiger partial charge is 0.507 e. The number of aromatic nitrogens is 2. The molecule has 1 aliphatic heterocycles. The number of nitrogens with zero attached hydrogens (tertiary/aromatic N) is 2. The number of phenols is 1. The van der Waals surface area contributed by atoms with Crippen LogP contribution in [-0.2, 0) is 4.74 Å². The number of phenolic OH excluding ortho intramolecular Hbond substituents is 1. The molecular weight excluding hydrogens is 322 g/mol. The van der Waals surface area contributed by atoms with Crippen molar-refractivity contribution in [2.24, 2.45) is 5.41 Å². The number of H-pyrrole nitrogens is 1. The first-order chi connectivity index (χ1) is 12.0. The predicted molar refractivity (Wildman–Crippen MR) is 92.2 cm³/mol. The second-order valence-electron chi connectivity index (χ2n) is 6.62. The minimum absolute atomic E-state index is 0.0279. The SMILES string of the molecule is CN(CC1(CO)CCOCC1)C(=O)c1cc(-c2ccccc2O)n[nH]1. The third-order valence-corrected chi connectivity index (χ3v) is 4.80. The smallest absolute Gasteiger partial charge is 0.271 e. The van der Waals surface area contributed by atoms with Crippen molar-refractivity contribution in [3.63, 3.8) is 0 Å².